The summed E-state index contributed by atoms with van der Waals surface area (Å²) in [4.78, 5) is 0. The maximum Gasteiger partial charge on any atom is 0.107 e. The van der Waals surface area contributed by atoms with Crippen LogP contribution in [-0.2, 0) is 4.74 Å². The molecule has 0 bridgehead atoms. The van der Waals surface area contributed by atoms with E-state index in [1.807, 2.05) is 0 Å². The third-order valence-electron chi connectivity index (χ3n) is 4.96. The highest BCUT2D eigenvalue weighted by Gasteiger charge is 2.36. The van der Waals surface area contributed by atoms with E-state index >= 15 is 0 Å². The highest BCUT2D eigenvalue weighted by atomic mass is 16.6. The first kappa shape index (κ1) is 20.0. The molecule has 0 aromatic rings. The van der Waals surface area contributed by atoms with Gasteiger partial charge in [-0.2, -0.15) is 0 Å². The van der Waals surface area contributed by atoms with E-state index in [2.05, 4.69) is 6.92 Å². The van der Waals surface area contributed by atoms with E-state index in [9.17, 15) is 0 Å². The molecular weight excluding hydrogens is 272 g/mol. The van der Waals surface area contributed by atoms with E-state index in [-0.39, 0.29) is 12.7 Å². The third kappa shape index (κ3) is 11.5. The second-order valence-corrected chi connectivity index (χ2v) is 7.13. The lowest BCUT2D eigenvalue weighted by Gasteiger charge is -2.03. The number of hydrogen-bond donors (Lipinski definition) is 1. The van der Waals surface area contributed by atoms with E-state index in [0.29, 0.717) is 6.10 Å². The molecule has 1 aliphatic heterocycles. The smallest absolute Gasteiger partial charge is 0.107 e. The van der Waals surface area contributed by atoms with Gasteiger partial charge in [0.05, 0.1) is 12.7 Å². The van der Waals surface area contributed by atoms with Gasteiger partial charge in [-0.25, -0.2) is 0 Å². The average molecular weight is 313 g/mol. The maximum absolute atomic E-state index is 8.88. The molecule has 2 nitrogen and oxygen atoms in total. The maximum atomic E-state index is 8.88. The largest absolute Gasteiger partial charge is 0.394 e. The Hall–Kier alpha value is -0.0800. The number of hydrogen-bond acceptors (Lipinski definition) is 2. The molecular formula is C20H40O2. The minimum Gasteiger partial charge on any atom is -0.394 e. The number of aliphatic hydroxyl groups excluding tert-OH is 1. The summed E-state index contributed by atoms with van der Waals surface area (Å²) in [6, 6.07) is 0. The number of ether oxygens (including phenoxy) is 1. The molecule has 0 aromatic heterocycles. The summed E-state index contributed by atoms with van der Waals surface area (Å²) in [5.41, 5.74) is 0. The molecule has 1 N–H and O–H groups in total. The summed E-state index contributed by atoms with van der Waals surface area (Å²) in [6.07, 6.45) is 23.0. The quantitative estimate of drug-likeness (QED) is 0.263. The van der Waals surface area contributed by atoms with Gasteiger partial charge in [0.2, 0.25) is 0 Å². The van der Waals surface area contributed by atoms with Gasteiger partial charge in [-0.3, -0.25) is 0 Å². The second kappa shape index (κ2) is 14.5. The summed E-state index contributed by atoms with van der Waals surface area (Å²) in [7, 11) is 0. The summed E-state index contributed by atoms with van der Waals surface area (Å²) < 4.78 is 5.34. The van der Waals surface area contributed by atoms with Gasteiger partial charge < -0.3 is 9.84 Å². The van der Waals surface area contributed by atoms with Crippen LogP contribution in [0.4, 0.5) is 0 Å². The van der Waals surface area contributed by atoms with E-state index in [1.165, 1.54) is 96.3 Å². The minimum atomic E-state index is 0.173. The number of epoxide rings is 1. The predicted molar refractivity (Wildman–Crippen MR) is 95.3 cm³/mol. The number of aliphatic hydroxyl groups is 1. The number of rotatable bonds is 17. The van der Waals surface area contributed by atoms with Crippen LogP contribution in [-0.4, -0.2) is 23.9 Å². The van der Waals surface area contributed by atoms with Gasteiger partial charge in [-0.1, -0.05) is 103 Å². The Morgan fingerprint density at radius 1 is 0.591 bits per heavy atom. The molecule has 1 rings (SSSR count). The fourth-order valence-electron chi connectivity index (χ4n) is 3.31. The van der Waals surface area contributed by atoms with Crippen molar-refractivity contribution >= 4 is 0 Å². The first-order valence-electron chi connectivity index (χ1n) is 10.1. The van der Waals surface area contributed by atoms with E-state index < -0.39 is 0 Å². The molecule has 1 fully saturated rings. The summed E-state index contributed by atoms with van der Waals surface area (Å²) in [6.45, 7) is 2.50. The lowest BCUT2D eigenvalue weighted by atomic mass is 10.0. The molecule has 1 saturated heterocycles. The molecule has 2 atom stereocenters. The molecule has 0 aliphatic carbocycles. The zero-order chi connectivity index (χ0) is 15.9. The zero-order valence-electron chi connectivity index (χ0n) is 15.0. The van der Waals surface area contributed by atoms with Gasteiger partial charge in [0, 0.05) is 0 Å². The first-order chi connectivity index (χ1) is 10.9. The van der Waals surface area contributed by atoms with Crippen LogP contribution in [0.2, 0.25) is 0 Å². The Balaban J connectivity index is 1.63. The van der Waals surface area contributed by atoms with Crippen molar-refractivity contribution in [2.24, 2.45) is 0 Å². The van der Waals surface area contributed by atoms with Crippen molar-refractivity contribution in [1.29, 1.82) is 0 Å². The van der Waals surface area contributed by atoms with Gasteiger partial charge in [0.15, 0.2) is 0 Å². The Morgan fingerprint density at radius 3 is 1.36 bits per heavy atom. The summed E-state index contributed by atoms with van der Waals surface area (Å²) >= 11 is 0. The zero-order valence-corrected chi connectivity index (χ0v) is 15.0. The standard InChI is InChI=1S/C20H40O2/c1-2-3-4-5-6-7-8-9-10-11-12-13-14-15-16-17-19-20(18-21)22-19/h19-21H,2-18H2,1H3. The van der Waals surface area contributed by atoms with Crippen molar-refractivity contribution in [2.45, 2.75) is 122 Å². The van der Waals surface area contributed by atoms with Gasteiger partial charge in [0.1, 0.15) is 6.10 Å². The highest BCUT2D eigenvalue weighted by molar-refractivity contribution is 4.83. The molecule has 2 heteroatoms. The van der Waals surface area contributed by atoms with Crippen molar-refractivity contribution in [3.05, 3.63) is 0 Å². The van der Waals surface area contributed by atoms with Gasteiger partial charge in [-0.15, -0.1) is 0 Å². The van der Waals surface area contributed by atoms with Crippen LogP contribution in [0.3, 0.4) is 0 Å². The molecule has 1 heterocycles. The van der Waals surface area contributed by atoms with Gasteiger partial charge in [0.25, 0.3) is 0 Å². The lowest BCUT2D eigenvalue weighted by Crippen LogP contribution is -1.98. The van der Waals surface area contributed by atoms with Crippen LogP contribution in [0.1, 0.15) is 110 Å². The Bertz CT molecular complexity index is 230. The highest BCUT2D eigenvalue weighted by Crippen LogP contribution is 2.26. The van der Waals surface area contributed by atoms with Crippen molar-refractivity contribution < 1.29 is 9.84 Å². The molecule has 0 radical (unpaired) electrons. The van der Waals surface area contributed by atoms with Crippen molar-refractivity contribution in [1.82, 2.24) is 0 Å². The molecule has 22 heavy (non-hydrogen) atoms. The first-order valence-corrected chi connectivity index (χ1v) is 10.1. The molecule has 0 saturated carbocycles. The normalized spacial score (nSPS) is 20.5. The fraction of sp³-hybridized carbons (Fsp3) is 1.00. The van der Waals surface area contributed by atoms with Crippen LogP contribution < -0.4 is 0 Å². The Morgan fingerprint density at radius 2 is 1.00 bits per heavy atom. The molecule has 132 valence electrons. The summed E-state index contributed by atoms with van der Waals surface area (Å²) in [5, 5.41) is 8.88. The molecule has 0 aromatic carbocycles. The van der Waals surface area contributed by atoms with E-state index in [0.717, 1.165) is 6.42 Å². The number of unbranched alkanes of at least 4 members (excludes halogenated alkanes) is 14. The van der Waals surface area contributed by atoms with Crippen molar-refractivity contribution in [3.8, 4) is 0 Å². The SMILES string of the molecule is CCCCCCCCCCCCCCCCCC1OC1CO. The molecule has 0 amide bonds. The molecule has 2 unspecified atom stereocenters. The average Bonchev–Trinajstić information content (AvgIpc) is 3.30. The summed E-state index contributed by atoms with van der Waals surface area (Å²) in [5.74, 6) is 0. The van der Waals surface area contributed by atoms with Crippen LogP contribution in [0.15, 0.2) is 0 Å². The lowest BCUT2D eigenvalue weighted by molar-refractivity contribution is 0.241. The van der Waals surface area contributed by atoms with Crippen LogP contribution in [0.5, 0.6) is 0 Å². The Labute approximate surface area is 139 Å². The minimum absolute atomic E-state index is 0.173. The topological polar surface area (TPSA) is 32.8 Å². The molecule has 1 aliphatic rings. The van der Waals surface area contributed by atoms with Gasteiger partial charge in [-0.05, 0) is 6.42 Å². The molecule has 0 spiro atoms. The van der Waals surface area contributed by atoms with Crippen LogP contribution in [0, 0.1) is 0 Å². The Kier molecular flexibility index (Phi) is 13.2. The van der Waals surface area contributed by atoms with Crippen LogP contribution >= 0.6 is 0 Å². The van der Waals surface area contributed by atoms with E-state index in [4.69, 9.17) is 9.84 Å². The predicted octanol–water partition coefficient (Wildman–Crippen LogP) is 6.01. The fourth-order valence-corrected chi connectivity index (χ4v) is 3.31. The van der Waals surface area contributed by atoms with E-state index in [1.54, 1.807) is 0 Å². The van der Waals surface area contributed by atoms with Crippen molar-refractivity contribution in [2.75, 3.05) is 6.61 Å². The van der Waals surface area contributed by atoms with Crippen molar-refractivity contribution in [3.63, 3.8) is 0 Å². The van der Waals surface area contributed by atoms with Gasteiger partial charge >= 0.3 is 0 Å². The monoisotopic (exact) mass is 312 g/mol. The third-order valence-corrected chi connectivity index (χ3v) is 4.96. The van der Waals surface area contributed by atoms with Crippen LogP contribution in [0.25, 0.3) is 0 Å². The second-order valence-electron chi connectivity index (χ2n) is 7.13.